The zero-order valence-electron chi connectivity index (χ0n) is 12.5. The molecule has 1 amide bonds. The van der Waals surface area contributed by atoms with Crippen molar-refractivity contribution in [2.24, 2.45) is 0 Å². The molecule has 0 aromatic heterocycles. The van der Waals surface area contributed by atoms with E-state index in [4.69, 9.17) is 0 Å². The minimum Gasteiger partial charge on any atom is -0.465 e. The maximum atomic E-state index is 13.4. The zero-order valence-corrected chi connectivity index (χ0v) is 12.5. The van der Waals surface area contributed by atoms with Crippen LogP contribution in [0, 0.1) is 17.5 Å². The number of benzene rings is 2. The van der Waals surface area contributed by atoms with E-state index in [0.29, 0.717) is 11.3 Å². The van der Waals surface area contributed by atoms with Gasteiger partial charge in [0.1, 0.15) is 0 Å². The number of esters is 1. The first kappa shape index (κ1) is 17.3. The fourth-order valence-electron chi connectivity index (χ4n) is 1.85. The fourth-order valence-corrected chi connectivity index (χ4v) is 1.85. The zero-order chi connectivity index (χ0) is 17.7. The summed E-state index contributed by atoms with van der Waals surface area (Å²) in [5, 5.41) is 4.87. The van der Waals surface area contributed by atoms with E-state index in [2.05, 4.69) is 15.4 Å². The molecule has 5 nitrogen and oxygen atoms in total. The summed E-state index contributed by atoms with van der Waals surface area (Å²) in [5.74, 6) is -5.37. The summed E-state index contributed by atoms with van der Waals surface area (Å²) in [5.41, 5.74) is 0.391. The van der Waals surface area contributed by atoms with Crippen molar-refractivity contribution < 1.29 is 27.5 Å². The molecule has 0 heterocycles. The Morgan fingerprint density at radius 1 is 1.00 bits per heavy atom. The largest absolute Gasteiger partial charge is 0.465 e. The van der Waals surface area contributed by atoms with E-state index in [1.807, 2.05) is 0 Å². The molecule has 0 aliphatic rings. The minimum absolute atomic E-state index is 0.317. The van der Waals surface area contributed by atoms with E-state index < -0.39 is 29.3 Å². The average Bonchev–Trinajstić information content (AvgIpc) is 2.59. The van der Waals surface area contributed by atoms with Crippen molar-refractivity contribution in [1.82, 2.24) is 0 Å². The topological polar surface area (TPSA) is 67.4 Å². The number of amides is 1. The number of carbonyl (C=O) groups is 2. The van der Waals surface area contributed by atoms with Crippen molar-refractivity contribution in [3.8, 4) is 0 Å². The predicted octanol–water partition coefficient (Wildman–Crippen LogP) is 2.94. The third kappa shape index (κ3) is 4.03. The van der Waals surface area contributed by atoms with Crippen molar-refractivity contribution in [3.63, 3.8) is 0 Å². The molecule has 2 N–H and O–H groups in total. The van der Waals surface area contributed by atoms with Gasteiger partial charge < -0.3 is 15.4 Å². The Kier molecular flexibility index (Phi) is 5.41. The van der Waals surface area contributed by atoms with Crippen LogP contribution in [0.3, 0.4) is 0 Å². The number of anilines is 2. The summed E-state index contributed by atoms with van der Waals surface area (Å²) in [6, 6.07) is 7.65. The number of methoxy groups -OCH3 is 1. The number of carbonyl (C=O) groups excluding carboxylic acids is 2. The lowest BCUT2D eigenvalue weighted by Gasteiger charge is -2.09. The number of hydrogen-bond donors (Lipinski definition) is 2. The summed E-state index contributed by atoms with van der Waals surface area (Å²) in [6.07, 6.45) is 0. The van der Waals surface area contributed by atoms with E-state index in [-0.39, 0.29) is 12.2 Å². The molecule has 0 atom stereocenters. The maximum absolute atomic E-state index is 13.4. The van der Waals surface area contributed by atoms with Crippen LogP contribution >= 0.6 is 0 Å². The van der Waals surface area contributed by atoms with E-state index in [9.17, 15) is 22.8 Å². The molecule has 0 aliphatic carbocycles. The van der Waals surface area contributed by atoms with Crippen molar-refractivity contribution in [2.45, 2.75) is 0 Å². The first-order valence-corrected chi connectivity index (χ1v) is 6.78. The normalized spacial score (nSPS) is 10.2. The van der Waals surface area contributed by atoms with Crippen LogP contribution in [0.2, 0.25) is 0 Å². The minimum atomic E-state index is -1.61. The lowest BCUT2D eigenvalue weighted by Crippen LogP contribution is -2.22. The molecular formula is C16H13F3N2O3. The van der Waals surface area contributed by atoms with Gasteiger partial charge in [0.15, 0.2) is 17.5 Å². The number of rotatable bonds is 5. The van der Waals surface area contributed by atoms with Gasteiger partial charge in [-0.15, -0.1) is 0 Å². The Labute approximate surface area is 135 Å². The number of halogens is 3. The molecule has 2 aromatic carbocycles. The molecule has 2 aromatic rings. The van der Waals surface area contributed by atoms with E-state index >= 15 is 0 Å². The first-order chi connectivity index (χ1) is 11.4. The molecule has 2 rings (SSSR count). The Balaban J connectivity index is 1.94. The highest BCUT2D eigenvalue weighted by atomic mass is 19.2. The predicted molar refractivity (Wildman–Crippen MR) is 81.2 cm³/mol. The van der Waals surface area contributed by atoms with Gasteiger partial charge in [-0.25, -0.2) is 18.0 Å². The van der Waals surface area contributed by atoms with Crippen LogP contribution in [0.15, 0.2) is 36.4 Å². The Morgan fingerprint density at radius 3 is 2.29 bits per heavy atom. The van der Waals surface area contributed by atoms with Gasteiger partial charge in [-0.05, 0) is 36.4 Å². The maximum Gasteiger partial charge on any atom is 0.337 e. The third-order valence-corrected chi connectivity index (χ3v) is 3.06. The Hall–Kier alpha value is -3.03. The molecule has 0 saturated carbocycles. The molecule has 8 heteroatoms. The van der Waals surface area contributed by atoms with Crippen molar-refractivity contribution >= 4 is 23.3 Å². The van der Waals surface area contributed by atoms with Crippen LogP contribution < -0.4 is 10.6 Å². The molecule has 0 spiro atoms. The molecule has 0 radical (unpaired) electrons. The second-order valence-corrected chi connectivity index (χ2v) is 4.69. The first-order valence-electron chi connectivity index (χ1n) is 6.78. The van der Waals surface area contributed by atoms with Crippen LogP contribution in [-0.2, 0) is 9.53 Å². The summed E-state index contributed by atoms with van der Waals surface area (Å²) < 4.78 is 43.9. The van der Waals surface area contributed by atoms with Crippen LogP contribution in [0.25, 0.3) is 0 Å². The summed E-state index contributed by atoms with van der Waals surface area (Å²) in [6.45, 7) is -0.360. The highest BCUT2D eigenvalue weighted by Gasteiger charge is 2.14. The molecule has 0 bridgehead atoms. The van der Waals surface area contributed by atoms with E-state index in [1.165, 1.54) is 31.4 Å². The van der Waals surface area contributed by atoms with E-state index in [1.54, 1.807) is 0 Å². The van der Waals surface area contributed by atoms with Gasteiger partial charge in [0.05, 0.1) is 24.9 Å². The average molecular weight is 338 g/mol. The van der Waals surface area contributed by atoms with Gasteiger partial charge >= 0.3 is 5.97 Å². The fraction of sp³-hybridized carbons (Fsp3) is 0.125. The molecule has 0 unspecified atom stereocenters. The second kappa shape index (κ2) is 7.49. The molecule has 24 heavy (non-hydrogen) atoms. The lowest BCUT2D eigenvalue weighted by atomic mass is 10.2. The standard InChI is InChI=1S/C16H13F3N2O3/c1-24-16(23)9-2-4-10(5-3-9)21-13(22)8-20-12-7-6-11(17)14(18)15(12)19/h2-7,20H,8H2,1H3,(H,21,22). The van der Waals surface area contributed by atoms with Gasteiger partial charge in [0.2, 0.25) is 5.91 Å². The van der Waals surface area contributed by atoms with Crippen LogP contribution in [0.1, 0.15) is 10.4 Å². The van der Waals surface area contributed by atoms with Gasteiger partial charge in [-0.3, -0.25) is 4.79 Å². The number of ether oxygens (including phenoxy) is 1. The highest BCUT2D eigenvalue weighted by Crippen LogP contribution is 2.19. The van der Waals surface area contributed by atoms with E-state index in [0.717, 1.165) is 12.1 Å². The smallest absolute Gasteiger partial charge is 0.337 e. The monoisotopic (exact) mass is 338 g/mol. The second-order valence-electron chi connectivity index (χ2n) is 4.69. The molecule has 0 saturated heterocycles. The van der Waals surface area contributed by atoms with Crippen LogP contribution in [0.5, 0.6) is 0 Å². The summed E-state index contributed by atoms with van der Waals surface area (Å²) in [4.78, 5) is 23.0. The summed E-state index contributed by atoms with van der Waals surface area (Å²) in [7, 11) is 1.25. The van der Waals surface area contributed by atoms with Gasteiger partial charge in [0, 0.05) is 5.69 Å². The van der Waals surface area contributed by atoms with Crippen LogP contribution in [-0.4, -0.2) is 25.5 Å². The molecule has 0 aliphatic heterocycles. The number of nitrogens with one attached hydrogen (secondary N) is 2. The SMILES string of the molecule is COC(=O)c1ccc(NC(=O)CNc2ccc(F)c(F)c2F)cc1. The molecular weight excluding hydrogens is 325 g/mol. The van der Waals surface area contributed by atoms with Crippen LogP contribution in [0.4, 0.5) is 24.5 Å². The third-order valence-electron chi connectivity index (χ3n) is 3.06. The number of hydrogen-bond acceptors (Lipinski definition) is 4. The van der Waals surface area contributed by atoms with Crippen molar-refractivity contribution in [3.05, 3.63) is 59.4 Å². The lowest BCUT2D eigenvalue weighted by molar-refractivity contribution is -0.114. The van der Waals surface area contributed by atoms with Gasteiger partial charge in [-0.1, -0.05) is 0 Å². The highest BCUT2D eigenvalue weighted by molar-refractivity contribution is 5.95. The molecule has 126 valence electrons. The van der Waals surface area contributed by atoms with Crippen molar-refractivity contribution in [2.75, 3.05) is 24.3 Å². The Bertz CT molecular complexity index is 764. The summed E-state index contributed by atoms with van der Waals surface area (Å²) >= 11 is 0. The quantitative estimate of drug-likeness (QED) is 0.650. The molecule has 0 fully saturated rings. The van der Waals surface area contributed by atoms with Gasteiger partial charge in [0.25, 0.3) is 0 Å². The van der Waals surface area contributed by atoms with Crippen molar-refractivity contribution in [1.29, 1.82) is 0 Å². The Morgan fingerprint density at radius 2 is 1.67 bits per heavy atom. The van der Waals surface area contributed by atoms with Gasteiger partial charge in [-0.2, -0.15) is 0 Å².